The molecule has 0 heterocycles. The van der Waals surface area contributed by atoms with Gasteiger partial charge in [0.1, 0.15) is 5.78 Å². The highest BCUT2D eigenvalue weighted by molar-refractivity contribution is 6.36. The lowest BCUT2D eigenvalue weighted by Crippen LogP contribution is -1.98. The summed E-state index contributed by atoms with van der Waals surface area (Å²) in [4.78, 5) is 11.1. The van der Waals surface area contributed by atoms with Crippen molar-refractivity contribution in [2.24, 2.45) is 0 Å². The van der Waals surface area contributed by atoms with E-state index in [0.29, 0.717) is 29.3 Å². The molecule has 0 radical (unpaired) electrons. The Bertz CT molecular complexity index is 314. The second-order valence-corrected chi connectivity index (χ2v) is 3.91. The van der Waals surface area contributed by atoms with Gasteiger partial charge in [-0.1, -0.05) is 36.2 Å². The number of carbonyl (C=O) groups excluding carboxylic acids is 1. The van der Waals surface area contributed by atoms with E-state index in [-0.39, 0.29) is 5.78 Å². The van der Waals surface area contributed by atoms with Crippen LogP contribution < -0.4 is 0 Å². The van der Waals surface area contributed by atoms with Gasteiger partial charge in [-0.3, -0.25) is 4.79 Å². The normalized spacial score (nSPS) is 10.2. The molecule has 0 fully saturated rings. The standard InChI is InChI=1S/C11H12Cl2O/c1-2-8(14)6-7-9-10(12)4-3-5-11(9)13/h3-5H,2,6-7H2,1H3. The van der Waals surface area contributed by atoms with Crippen LogP contribution >= 0.6 is 23.2 Å². The van der Waals surface area contributed by atoms with Crippen molar-refractivity contribution in [3.8, 4) is 0 Å². The van der Waals surface area contributed by atoms with Crippen molar-refractivity contribution in [1.29, 1.82) is 0 Å². The molecule has 0 aliphatic rings. The molecule has 14 heavy (non-hydrogen) atoms. The summed E-state index contributed by atoms with van der Waals surface area (Å²) in [7, 11) is 0. The number of hydrogen-bond donors (Lipinski definition) is 0. The third-order valence-corrected chi connectivity index (χ3v) is 2.82. The Kier molecular flexibility index (Phi) is 4.43. The zero-order chi connectivity index (χ0) is 10.6. The highest BCUT2D eigenvalue weighted by Crippen LogP contribution is 2.25. The fourth-order valence-electron chi connectivity index (χ4n) is 1.21. The molecule has 1 aromatic rings. The Morgan fingerprint density at radius 1 is 1.29 bits per heavy atom. The van der Waals surface area contributed by atoms with Gasteiger partial charge in [0, 0.05) is 22.9 Å². The van der Waals surface area contributed by atoms with Crippen molar-refractivity contribution in [2.75, 3.05) is 0 Å². The van der Waals surface area contributed by atoms with E-state index >= 15 is 0 Å². The molecule has 0 aliphatic heterocycles. The molecule has 0 aliphatic carbocycles. The third-order valence-electron chi connectivity index (χ3n) is 2.11. The summed E-state index contributed by atoms with van der Waals surface area (Å²) in [6, 6.07) is 5.38. The smallest absolute Gasteiger partial charge is 0.132 e. The van der Waals surface area contributed by atoms with Gasteiger partial charge >= 0.3 is 0 Å². The van der Waals surface area contributed by atoms with E-state index in [1.54, 1.807) is 18.2 Å². The van der Waals surface area contributed by atoms with E-state index in [2.05, 4.69) is 0 Å². The third kappa shape index (κ3) is 3.00. The van der Waals surface area contributed by atoms with Crippen LogP contribution in [0.25, 0.3) is 0 Å². The quantitative estimate of drug-likeness (QED) is 0.767. The van der Waals surface area contributed by atoms with Crippen molar-refractivity contribution in [2.45, 2.75) is 26.2 Å². The monoisotopic (exact) mass is 230 g/mol. The van der Waals surface area contributed by atoms with Crippen LogP contribution in [0.15, 0.2) is 18.2 Å². The number of halogens is 2. The van der Waals surface area contributed by atoms with E-state index < -0.39 is 0 Å². The van der Waals surface area contributed by atoms with Crippen LogP contribution in [0.2, 0.25) is 10.0 Å². The number of hydrogen-bond acceptors (Lipinski definition) is 1. The molecule has 1 rings (SSSR count). The van der Waals surface area contributed by atoms with Gasteiger partial charge in [-0.25, -0.2) is 0 Å². The topological polar surface area (TPSA) is 17.1 Å². The Morgan fingerprint density at radius 2 is 1.86 bits per heavy atom. The summed E-state index contributed by atoms with van der Waals surface area (Å²) < 4.78 is 0. The fourth-order valence-corrected chi connectivity index (χ4v) is 1.80. The average molecular weight is 231 g/mol. The van der Waals surface area contributed by atoms with Crippen LogP contribution in [0.4, 0.5) is 0 Å². The minimum Gasteiger partial charge on any atom is -0.300 e. The van der Waals surface area contributed by atoms with Gasteiger partial charge in [0.15, 0.2) is 0 Å². The van der Waals surface area contributed by atoms with E-state index in [9.17, 15) is 4.79 Å². The molecule has 1 aromatic carbocycles. The van der Waals surface area contributed by atoms with Gasteiger partial charge in [0.2, 0.25) is 0 Å². The molecular formula is C11H12Cl2O. The zero-order valence-corrected chi connectivity index (χ0v) is 9.53. The Hall–Kier alpha value is -0.530. The van der Waals surface area contributed by atoms with E-state index in [1.165, 1.54) is 0 Å². The molecule has 0 bridgehead atoms. The number of rotatable bonds is 4. The molecule has 0 N–H and O–H groups in total. The summed E-state index contributed by atoms with van der Waals surface area (Å²) >= 11 is 11.9. The number of benzene rings is 1. The summed E-state index contributed by atoms with van der Waals surface area (Å²) in [6.07, 6.45) is 1.72. The molecular weight excluding hydrogens is 219 g/mol. The van der Waals surface area contributed by atoms with Gasteiger partial charge in [-0.15, -0.1) is 0 Å². The van der Waals surface area contributed by atoms with Gasteiger partial charge in [0.05, 0.1) is 0 Å². The molecule has 0 spiro atoms. The van der Waals surface area contributed by atoms with E-state index in [4.69, 9.17) is 23.2 Å². The van der Waals surface area contributed by atoms with Crippen LogP contribution in [0, 0.1) is 0 Å². The highest BCUT2D eigenvalue weighted by Gasteiger charge is 2.07. The molecule has 76 valence electrons. The molecule has 0 aromatic heterocycles. The largest absolute Gasteiger partial charge is 0.300 e. The van der Waals surface area contributed by atoms with E-state index in [0.717, 1.165) is 5.56 Å². The van der Waals surface area contributed by atoms with Crippen molar-refractivity contribution in [3.05, 3.63) is 33.8 Å². The minimum absolute atomic E-state index is 0.237. The van der Waals surface area contributed by atoms with Crippen LogP contribution in [-0.4, -0.2) is 5.78 Å². The van der Waals surface area contributed by atoms with Crippen LogP contribution in [0.1, 0.15) is 25.3 Å². The summed E-state index contributed by atoms with van der Waals surface area (Å²) in [6.45, 7) is 1.86. The van der Waals surface area contributed by atoms with Gasteiger partial charge in [-0.05, 0) is 24.1 Å². The minimum atomic E-state index is 0.237. The van der Waals surface area contributed by atoms with Gasteiger partial charge < -0.3 is 0 Å². The Balaban J connectivity index is 2.71. The first-order valence-corrected chi connectivity index (χ1v) is 5.35. The molecule has 0 unspecified atom stereocenters. The lowest BCUT2D eigenvalue weighted by Gasteiger charge is -2.05. The van der Waals surface area contributed by atoms with Crippen molar-refractivity contribution in [1.82, 2.24) is 0 Å². The predicted octanol–water partition coefficient (Wildman–Crippen LogP) is 3.91. The van der Waals surface area contributed by atoms with Crippen molar-refractivity contribution < 1.29 is 4.79 Å². The van der Waals surface area contributed by atoms with Crippen LogP contribution in [-0.2, 0) is 11.2 Å². The number of Topliss-reactive ketones (excluding diaryl/α,β-unsaturated/α-hetero) is 1. The zero-order valence-electron chi connectivity index (χ0n) is 8.02. The predicted molar refractivity (Wildman–Crippen MR) is 60.1 cm³/mol. The summed E-state index contributed by atoms with van der Waals surface area (Å²) in [5, 5.41) is 1.28. The number of carbonyl (C=O) groups is 1. The fraction of sp³-hybridized carbons (Fsp3) is 0.364. The maximum absolute atomic E-state index is 11.1. The average Bonchev–Trinajstić information content (AvgIpc) is 2.16. The first-order valence-electron chi connectivity index (χ1n) is 4.59. The Morgan fingerprint density at radius 3 is 2.36 bits per heavy atom. The highest BCUT2D eigenvalue weighted by atomic mass is 35.5. The van der Waals surface area contributed by atoms with Crippen molar-refractivity contribution >= 4 is 29.0 Å². The number of ketones is 1. The molecule has 0 saturated carbocycles. The van der Waals surface area contributed by atoms with Crippen molar-refractivity contribution in [3.63, 3.8) is 0 Å². The van der Waals surface area contributed by atoms with Crippen LogP contribution in [0.5, 0.6) is 0 Å². The molecule has 0 atom stereocenters. The molecule has 3 heteroatoms. The first kappa shape index (κ1) is 11.5. The van der Waals surface area contributed by atoms with Gasteiger partial charge in [0.25, 0.3) is 0 Å². The molecule has 1 nitrogen and oxygen atoms in total. The molecule has 0 amide bonds. The SMILES string of the molecule is CCC(=O)CCc1c(Cl)cccc1Cl. The Labute approximate surface area is 94.0 Å². The summed E-state index contributed by atoms with van der Waals surface area (Å²) in [5.41, 5.74) is 0.873. The molecule has 0 saturated heterocycles. The lowest BCUT2D eigenvalue weighted by molar-refractivity contribution is -0.118. The second-order valence-electron chi connectivity index (χ2n) is 3.09. The van der Waals surface area contributed by atoms with E-state index in [1.807, 2.05) is 6.92 Å². The van der Waals surface area contributed by atoms with Gasteiger partial charge in [-0.2, -0.15) is 0 Å². The summed E-state index contributed by atoms with van der Waals surface area (Å²) in [5.74, 6) is 0.237. The van der Waals surface area contributed by atoms with Crippen LogP contribution in [0.3, 0.4) is 0 Å². The second kappa shape index (κ2) is 5.38. The maximum Gasteiger partial charge on any atom is 0.132 e. The lowest BCUT2D eigenvalue weighted by atomic mass is 10.1. The first-order chi connectivity index (χ1) is 6.65. The maximum atomic E-state index is 11.1.